The van der Waals surface area contributed by atoms with Crippen LogP contribution < -0.4 is 20.2 Å². The summed E-state index contributed by atoms with van der Waals surface area (Å²) in [6.45, 7) is 0. The van der Waals surface area contributed by atoms with Crippen LogP contribution in [-0.4, -0.2) is 36.0 Å². The molecule has 0 saturated heterocycles. The van der Waals surface area contributed by atoms with Crippen molar-refractivity contribution in [2.45, 2.75) is 0 Å². The summed E-state index contributed by atoms with van der Waals surface area (Å²) in [6.07, 6.45) is 5.11. The third-order valence-electron chi connectivity index (χ3n) is 5.47. The summed E-state index contributed by atoms with van der Waals surface area (Å²) in [4.78, 5) is 47.9. The van der Waals surface area contributed by atoms with Gasteiger partial charge in [0, 0.05) is 29.0 Å². The molecular formula is C29H22N4O8. The summed E-state index contributed by atoms with van der Waals surface area (Å²) in [7, 11) is 1.53. The summed E-state index contributed by atoms with van der Waals surface area (Å²) < 4.78 is 15.4. The van der Waals surface area contributed by atoms with Gasteiger partial charge in [-0.15, -0.1) is 0 Å². The molecule has 41 heavy (non-hydrogen) atoms. The van der Waals surface area contributed by atoms with Gasteiger partial charge in [0.1, 0.15) is 5.75 Å². The van der Waals surface area contributed by atoms with Crippen LogP contribution >= 0.6 is 0 Å². The topological polar surface area (TPSA) is 162 Å². The van der Waals surface area contributed by atoms with E-state index in [9.17, 15) is 24.5 Å². The van der Waals surface area contributed by atoms with Crippen molar-refractivity contribution in [3.63, 3.8) is 0 Å². The number of furan rings is 1. The predicted octanol–water partition coefficient (Wildman–Crippen LogP) is 4.83. The molecule has 12 heteroatoms. The fourth-order valence-electron chi connectivity index (χ4n) is 3.44. The number of rotatable bonds is 10. The monoisotopic (exact) mass is 554 g/mol. The number of para-hydroxylation sites is 1. The molecule has 4 rings (SSSR count). The van der Waals surface area contributed by atoms with E-state index in [2.05, 4.69) is 15.8 Å². The fourth-order valence-corrected chi connectivity index (χ4v) is 3.44. The molecule has 0 bridgehead atoms. The molecular weight excluding hydrogens is 532 g/mol. The second kappa shape index (κ2) is 13.2. The number of nitrogens with zero attached hydrogens (tertiary/aromatic N) is 2. The lowest BCUT2D eigenvalue weighted by molar-refractivity contribution is -0.385. The van der Waals surface area contributed by atoms with Gasteiger partial charge in [0.2, 0.25) is 5.75 Å². The van der Waals surface area contributed by atoms with E-state index in [-0.39, 0.29) is 22.6 Å². The maximum absolute atomic E-state index is 12.5. The van der Waals surface area contributed by atoms with Gasteiger partial charge in [-0.05, 0) is 66.2 Å². The van der Waals surface area contributed by atoms with E-state index in [0.717, 1.165) is 12.3 Å². The van der Waals surface area contributed by atoms with Gasteiger partial charge in [-0.25, -0.2) is 10.2 Å². The van der Waals surface area contributed by atoms with E-state index in [1.165, 1.54) is 68.0 Å². The van der Waals surface area contributed by atoms with Crippen LogP contribution in [0.2, 0.25) is 0 Å². The molecule has 12 nitrogen and oxygen atoms in total. The molecule has 0 radical (unpaired) electrons. The van der Waals surface area contributed by atoms with Crippen molar-refractivity contribution in [3.8, 4) is 11.5 Å². The van der Waals surface area contributed by atoms with E-state index in [0.29, 0.717) is 17.0 Å². The summed E-state index contributed by atoms with van der Waals surface area (Å²) >= 11 is 0. The highest BCUT2D eigenvalue weighted by Gasteiger charge is 2.20. The smallest absolute Gasteiger partial charge is 0.336 e. The highest BCUT2D eigenvalue weighted by atomic mass is 16.6. The number of carbonyl (C=O) groups excluding carboxylic acids is 3. The number of ether oxygens (including phenoxy) is 2. The normalized spacial score (nSPS) is 10.9. The molecule has 1 heterocycles. The highest BCUT2D eigenvalue weighted by molar-refractivity contribution is 6.02. The number of methoxy groups -OCH3 is 1. The summed E-state index contributed by atoms with van der Waals surface area (Å²) in [6, 6.07) is 20.0. The van der Waals surface area contributed by atoms with Crippen LogP contribution in [0, 0.1) is 10.1 Å². The van der Waals surface area contributed by atoms with Gasteiger partial charge in [0.25, 0.3) is 11.8 Å². The van der Waals surface area contributed by atoms with Gasteiger partial charge in [-0.2, -0.15) is 5.10 Å². The molecule has 0 aliphatic rings. The van der Waals surface area contributed by atoms with Gasteiger partial charge in [0.05, 0.1) is 24.5 Å². The Bertz CT molecular complexity index is 1610. The molecule has 0 aliphatic carbocycles. The number of benzene rings is 3. The molecule has 0 unspecified atom stereocenters. The number of nitrogens with one attached hydrogen (secondary N) is 2. The van der Waals surface area contributed by atoms with Crippen LogP contribution in [0.15, 0.2) is 101 Å². The zero-order chi connectivity index (χ0) is 29.2. The Labute approximate surface area is 233 Å². The first-order valence-electron chi connectivity index (χ1n) is 11.9. The van der Waals surface area contributed by atoms with E-state index in [1.807, 2.05) is 0 Å². The van der Waals surface area contributed by atoms with Crippen LogP contribution in [-0.2, 0) is 4.79 Å². The lowest BCUT2D eigenvalue weighted by Crippen LogP contribution is -2.18. The lowest BCUT2D eigenvalue weighted by Gasteiger charge is -2.07. The number of hydrazone groups is 1. The van der Waals surface area contributed by atoms with Gasteiger partial charge in [-0.1, -0.05) is 18.2 Å². The standard InChI is InChI=1S/C29H22N4O8/c1-39-23-14-7-19(8-15-23)9-16-26(34)41-27-21(4-2-5-24(27)33(37)38)18-30-32-28(35)20-10-12-22(13-11-20)31-29(36)25-6-3-17-40-25/h2-18H,1H3,(H,31,36)(H,32,35)/b16-9+,30-18+. The van der Waals surface area contributed by atoms with Gasteiger partial charge >= 0.3 is 11.7 Å². The van der Waals surface area contributed by atoms with E-state index in [4.69, 9.17) is 13.9 Å². The number of anilines is 1. The Morgan fingerprint density at radius 3 is 2.37 bits per heavy atom. The van der Waals surface area contributed by atoms with Crippen molar-refractivity contribution in [1.29, 1.82) is 0 Å². The second-order valence-corrected chi connectivity index (χ2v) is 8.19. The molecule has 2 amide bonds. The second-order valence-electron chi connectivity index (χ2n) is 8.19. The van der Waals surface area contributed by atoms with Crippen molar-refractivity contribution in [2.75, 3.05) is 12.4 Å². The van der Waals surface area contributed by atoms with Crippen LogP contribution in [0.5, 0.6) is 11.5 Å². The van der Waals surface area contributed by atoms with E-state index >= 15 is 0 Å². The van der Waals surface area contributed by atoms with Crippen LogP contribution in [0.4, 0.5) is 11.4 Å². The first-order chi connectivity index (χ1) is 19.8. The van der Waals surface area contributed by atoms with Crippen molar-refractivity contribution < 1.29 is 33.2 Å². The molecule has 0 fully saturated rings. The summed E-state index contributed by atoms with van der Waals surface area (Å²) in [5.41, 5.74) is 3.29. The number of carbonyl (C=O) groups is 3. The third kappa shape index (κ3) is 7.51. The third-order valence-corrected chi connectivity index (χ3v) is 5.47. The minimum atomic E-state index is -0.854. The lowest BCUT2D eigenvalue weighted by atomic mass is 10.2. The largest absolute Gasteiger partial charge is 0.497 e. The van der Waals surface area contributed by atoms with Crippen LogP contribution in [0.25, 0.3) is 6.08 Å². The Kier molecular flexibility index (Phi) is 8.98. The Hall–Kier alpha value is -6.04. The fraction of sp³-hybridized carbons (Fsp3) is 0.0345. The highest BCUT2D eigenvalue weighted by Crippen LogP contribution is 2.30. The minimum Gasteiger partial charge on any atom is -0.497 e. The number of hydrogen-bond donors (Lipinski definition) is 2. The van der Waals surface area contributed by atoms with Gasteiger partial charge in [0.15, 0.2) is 5.76 Å². The Morgan fingerprint density at radius 2 is 1.71 bits per heavy atom. The zero-order valence-corrected chi connectivity index (χ0v) is 21.5. The first-order valence-corrected chi connectivity index (χ1v) is 11.9. The molecule has 0 saturated carbocycles. The molecule has 1 aromatic heterocycles. The Balaban J connectivity index is 1.42. The molecule has 206 valence electrons. The first kappa shape index (κ1) is 28.0. The van der Waals surface area contributed by atoms with Crippen molar-refractivity contribution in [3.05, 3.63) is 124 Å². The average Bonchev–Trinajstić information content (AvgIpc) is 3.53. The molecule has 0 spiro atoms. The average molecular weight is 555 g/mol. The van der Waals surface area contributed by atoms with Crippen molar-refractivity contribution in [1.82, 2.24) is 5.43 Å². The summed E-state index contributed by atoms with van der Waals surface area (Å²) in [5, 5.41) is 18.0. The number of hydrogen-bond acceptors (Lipinski definition) is 9. The molecule has 2 N–H and O–H groups in total. The molecule has 0 atom stereocenters. The van der Waals surface area contributed by atoms with Gasteiger partial charge in [-0.3, -0.25) is 19.7 Å². The summed E-state index contributed by atoms with van der Waals surface area (Å²) in [5.74, 6) is -1.43. The predicted molar refractivity (Wildman–Crippen MR) is 149 cm³/mol. The number of nitro benzene ring substituents is 1. The van der Waals surface area contributed by atoms with Crippen LogP contribution in [0.1, 0.15) is 32.0 Å². The van der Waals surface area contributed by atoms with Crippen molar-refractivity contribution in [2.24, 2.45) is 5.10 Å². The molecule has 0 aliphatic heterocycles. The minimum absolute atomic E-state index is 0.0849. The Morgan fingerprint density at radius 1 is 0.951 bits per heavy atom. The maximum atomic E-state index is 12.5. The number of nitro groups is 1. The van der Waals surface area contributed by atoms with E-state index in [1.54, 1.807) is 30.3 Å². The maximum Gasteiger partial charge on any atom is 0.336 e. The van der Waals surface area contributed by atoms with E-state index < -0.39 is 28.4 Å². The van der Waals surface area contributed by atoms with Crippen LogP contribution in [0.3, 0.4) is 0 Å². The molecule has 3 aromatic carbocycles. The quantitative estimate of drug-likeness (QED) is 0.0703. The number of amides is 2. The van der Waals surface area contributed by atoms with Gasteiger partial charge < -0.3 is 19.2 Å². The van der Waals surface area contributed by atoms with Crippen molar-refractivity contribution >= 4 is 41.4 Å². The zero-order valence-electron chi connectivity index (χ0n) is 21.5. The number of esters is 1. The SMILES string of the molecule is COc1ccc(/C=C/C(=O)Oc2c(/C=N/NC(=O)c3ccc(NC(=O)c4ccco4)cc3)cccc2[N+](=O)[O-])cc1. The molecule has 4 aromatic rings.